The molecule has 14 heavy (non-hydrogen) atoms. The molecular formula is C9H9NO3S. The molecule has 0 aromatic carbocycles. The molecule has 0 N–H and O–H groups in total. The summed E-state index contributed by atoms with van der Waals surface area (Å²) >= 11 is 0.978. The van der Waals surface area contributed by atoms with Crippen LogP contribution in [0.25, 0.3) is 0 Å². The zero-order valence-electron chi connectivity index (χ0n) is 7.43. The summed E-state index contributed by atoms with van der Waals surface area (Å²) in [6.07, 6.45) is 2.97. The molecule has 1 aliphatic rings. The van der Waals surface area contributed by atoms with Crippen LogP contribution in [0.5, 0.6) is 0 Å². The summed E-state index contributed by atoms with van der Waals surface area (Å²) in [6, 6.07) is 2.96. The molecule has 1 aromatic heterocycles. The minimum absolute atomic E-state index is 0.0488. The van der Waals surface area contributed by atoms with Crippen molar-refractivity contribution in [2.45, 2.75) is 19.3 Å². The Morgan fingerprint density at radius 3 is 2.64 bits per heavy atom. The quantitative estimate of drug-likeness (QED) is 0.438. The highest BCUT2D eigenvalue weighted by atomic mass is 32.1. The molecule has 74 valence electrons. The van der Waals surface area contributed by atoms with E-state index < -0.39 is 4.92 Å². The van der Waals surface area contributed by atoms with Crippen LogP contribution in [0.2, 0.25) is 0 Å². The molecule has 1 aromatic rings. The molecule has 1 heterocycles. The number of hydrogen-bond donors (Lipinski definition) is 0. The molecule has 0 atom stereocenters. The standard InChI is InChI=1S/C9H9NO3S/c11-9(6-2-1-3-6)7-4-5-8(14-7)10(12)13/h4-6H,1-3H2. The van der Waals surface area contributed by atoms with Gasteiger partial charge in [0.2, 0.25) is 0 Å². The van der Waals surface area contributed by atoms with Crippen molar-refractivity contribution in [3.8, 4) is 0 Å². The van der Waals surface area contributed by atoms with Crippen molar-refractivity contribution in [1.29, 1.82) is 0 Å². The average Bonchev–Trinajstić information content (AvgIpc) is 2.48. The summed E-state index contributed by atoms with van der Waals surface area (Å²) in [5, 5.41) is 10.4. The number of nitro groups is 1. The van der Waals surface area contributed by atoms with Gasteiger partial charge in [-0.3, -0.25) is 14.9 Å². The number of Topliss-reactive ketones (excluding diaryl/α,β-unsaturated/α-hetero) is 1. The summed E-state index contributed by atoms with van der Waals surface area (Å²) in [6.45, 7) is 0. The maximum Gasteiger partial charge on any atom is 0.324 e. The van der Waals surface area contributed by atoms with E-state index in [2.05, 4.69) is 0 Å². The molecule has 0 spiro atoms. The van der Waals surface area contributed by atoms with Crippen molar-refractivity contribution >= 4 is 22.1 Å². The molecule has 0 amide bonds. The molecule has 0 unspecified atom stereocenters. The van der Waals surface area contributed by atoms with Gasteiger partial charge in [0.25, 0.3) is 0 Å². The van der Waals surface area contributed by atoms with Crippen molar-refractivity contribution in [2.24, 2.45) is 5.92 Å². The maximum absolute atomic E-state index is 11.7. The van der Waals surface area contributed by atoms with Gasteiger partial charge in [-0.2, -0.15) is 0 Å². The molecule has 0 bridgehead atoms. The first-order valence-electron chi connectivity index (χ1n) is 4.47. The van der Waals surface area contributed by atoms with E-state index in [9.17, 15) is 14.9 Å². The minimum Gasteiger partial charge on any atom is -0.293 e. The van der Waals surface area contributed by atoms with Crippen LogP contribution in [0.15, 0.2) is 12.1 Å². The van der Waals surface area contributed by atoms with Gasteiger partial charge in [0.1, 0.15) is 0 Å². The highest BCUT2D eigenvalue weighted by Gasteiger charge is 2.28. The highest BCUT2D eigenvalue weighted by molar-refractivity contribution is 7.17. The summed E-state index contributed by atoms with van der Waals surface area (Å²) in [4.78, 5) is 22.1. The first-order valence-corrected chi connectivity index (χ1v) is 5.28. The van der Waals surface area contributed by atoms with E-state index in [0.717, 1.165) is 30.6 Å². The van der Waals surface area contributed by atoms with Crippen molar-refractivity contribution in [2.75, 3.05) is 0 Å². The SMILES string of the molecule is O=C(c1ccc([N+](=O)[O-])s1)C1CCC1. The van der Waals surface area contributed by atoms with Crippen LogP contribution >= 0.6 is 11.3 Å². The zero-order valence-corrected chi connectivity index (χ0v) is 8.25. The molecule has 0 aliphatic heterocycles. The van der Waals surface area contributed by atoms with Crippen LogP contribution in [0.3, 0.4) is 0 Å². The molecule has 5 heteroatoms. The number of hydrogen-bond acceptors (Lipinski definition) is 4. The van der Waals surface area contributed by atoms with E-state index in [0.29, 0.717) is 4.88 Å². The number of ketones is 1. The lowest BCUT2D eigenvalue weighted by molar-refractivity contribution is -0.380. The van der Waals surface area contributed by atoms with Crippen LogP contribution in [-0.2, 0) is 0 Å². The zero-order chi connectivity index (χ0) is 10.1. The minimum atomic E-state index is -0.456. The number of rotatable bonds is 3. The molecule has 2 rings (SSSR count). The van der Waals surface area contributed by atoms with Gasteiger partial charge >= 0.3 is 5.00 Å². The summed E-state index contributed by atoms with van der Waals surface area (Å²) in [5.74, 6) is 0.197. The molecule has 0 radical (unpaired) electrons. The summed E-state index contributed by atoms with van der Waals surface area (Å²) in [5.41, 5.74) is 0. The third-order valence-electron chi connectivity index (χ3n) is 2.49. The second kappa shape index (κ2) is 3.49. The van der Waals surface area contributed by atoms with Crippen molar-refractivity contribution in [1.82, 2.24) is 0 Å². The molecule has 0 saturated heterocycles. The number of carbonyl (C=O) groups excluding carboxylic acids is 1. The fraction of sp³-hybridized carbons (Fsp3) is 0.444. The van der Waals surface area contributed by atoms with Gasteiger partial charge in [-0.1, -0.05) is 17.8 Å². The lowest BCUT2D eigenvalue weighted by Gasteiger charge is -2.22. The Kier molecular flexibility index (Phi) is 2.33. The number of thiophene rings is 1. The Balaban J connectivity index is 2.15. The monoisotopic (exact) mass is 211 g/mol. The van der Waals surface area contributed by atoms with E-state index in [1.807, 2.05) is 0 Å². The van der Waals surface area contributed by atoms with E-state index in [4.69, 9.17) is 0 Å². The van der Waals surface area contributed by atoms with Gasteiger partial charge in [0, 0.05) is 12.0 Å². The normalized spacial score (nSPS) is 16.3. The molecule has 4 nitrogen and oxygen atoms in total. The first-order chi connectivity index (χ1) is 6.68. The van der Waals surface area contributed by atoms with Gasteiger partial charge in [0.15, 0.2) is 5.78 Å². The number of carbonyl (C=O) groups is 1. The maximum atomic E-state index is 11.7. The van der Waals surface area contributed by atoms with E-state index in [-0.39, 0.29) is 16.7 Å². The predicted octanol–water partition coefficient (Wildman–Crippen LogP) is 2.64. The van der Waals surface area contributed by atoms with E-state index in [1.54, 1.807) is 6.07 Å². The number of nitrogens with zero attached hydrogens (tertiary/aromatic N) is 1. The van der Waals surface area contributed by atoms with Crippen LogP contribution in [-0.4, -0.2) is 10.7 Å². The van der Waals surface area contributed by atoms with E-state index >= 15 is 0 Å². The van der Waals surface area contributed by atoms with Crippen LogP contribution < -0.4 is 0 Å². The fourth-order valence-corrected chi connectivity index (χ4v) is 2.27. The van der Waals surface area contributed by atoms with Gasteiger partial charge in [-0.15, -0.1) is 0 Å². The van der Waals surface area contributed by atoms with E-state index in [1.165, 1.54) is 6.07 Å². The highest BCUT2D eigenvalue weighted by Crippen LogP contribution is 2.33. The second-order valence-electron chi connectivity index (χ2n) is 3.39. The van der Waals surface area contributed by atoms with Crippen LogP contribution in [0, 0.1) is 16.0 Å². The lowest BCUT2D eigenvalue weighted by atomic mass is 9.82. The van der Waals surface area contributed by atoms with Crippen LogP contribution in [0.1, 0.15) is 28.9 Å². The van der Waals surface area contributed by atoms with Crippen molar-refractivity contribution in [3.05, 3.63) is 27.1 Å². The Bertz CT molecular complexity index is 381. The van der Waals surface area contributed by atoms with Gasteiger partial charge < -0.3 is 0 Å². The Labute approximate surface area is 84.7 Å². The Morgan fingerprint density at radius 2 is 2.21 bits per heavy atom. The largest absolute Gasteiger partial charge is 0.324 e. The fourth-order valence-electron chi connectivity index (χ4n) is 1.43. The third kappa shape index (κ3) is 1.55. The van der Waals surface area contributed by atoms with Gasteiger partial charge in [-0.05, 0) is 18.9 Å². The average molecular weight is 211 g/mol. The second-order valence-corrected chi connectivity index (χ2v) is 4.45. The van der Waals surface area contributed by atoms with Crippen molar-refractivity contribution in [3.63, 3.8) is 0 Å². The smallest absolute Gasteiger partial charge is 0.293 e. The molecule has 1 saturated carbocycles. The first kappa shape index (κ1) is 9.33. The Morgan fingerprint density at radius 1 is 1.50 bits per heavy atom. The predicted molar refractivity (Wildman–Crippen MR) is 52.6 cm³/mol. The van der Waals surface area contributed by atoms with Gasteiger partial charge in [0.05, 0.1) is 9.80 Å². The topological polar surface area (TPSA) is 60.2 Å². The lowest BCUT2D eigenvalue weighted by Crippen LogP contribution is -2.20. The van der Waals surface area contributed by atoms with Crippen molar-refractivity contribution < 1.29 is 9.72 Å². The Hall–Kier alpha value is -1.23. The third-order valence-corrected chi connectivity index (χ3v) is 3.54. The summed E-state index contributed by atoms with van der Waals surface area (Å²) < 4.78 is 0. The van der Waals surface area contributed by atoms with Gasteiger partial charge in [-0.25, -0.2) is 0 Å². The molecule has 1 fully saturated rings. The molecule has 1 aliphatic carbocycles. The van der Waals surface area contributed by atoms with Crippen LogP contribution in [0.4, 0.5) is 5.00 Å². The molecular weight excluding hydrogens is 202 g/mol. The summed E-state index contributed by atoms with van der Waals surface area (Å²) in [7, 11) is 0.